The molecule has 1 aromatic rings. The van der Waals surface area contributed by atoms with E-state index in [2.05, 4.69) is 10.6 Å². The molecule has 0 unspecified atom stereocenters. The molecule has 0 heterocycles. The van der Waals surface area contributed by atoms with E-state index >= 15 is 0 Å². The number of hydrogen-bond donors (Lipinski definition) is 2. The molecule has 2 N–H and O–H groups in total. The van der Waals surface area contributed by atoms with Crippen LogP contribution in [0.25, 0.3) is 0 Å². The quantitative estimate of drug-likeness (QED) is 0.766. The Bertz CT molecular complexity index is 427. The monoisotopic (exact) mass is 263 g/mol. The lowest BCUT2D eigenvalue weighted by Crippen LogP contribution is -2.28. The molecule has 0 aliphatic carbocycles. The number of hydrogen-bond acceptors (Lipinski definition) is 3. The molecular weight excluding hydrogens is 242 g/mol. The summed E-state index contributed by atoms with van der Waals surface area (Å²) in [4.78, 5) is 25.0. The fourth-order valence-electron chi connectivity index (χ4n) is 1.52. The molecule has 0 fully saturated rings. The molecule has 0 bridgehead atoms. The van der Waals surface area contributed by atoms with Crippen LogP contribution in [0.1, 0.15) is 19.8 Å². The Labute approximate surface area is 114 Å². The van der Waals surface area contributed by atoms with Crippen LogP contribution in [-0.2, 0) is 9.59 Å². The molecule has 0 spiro atoms. The largest absolute Gasteiger partial charge is 0.378 e. The first-order valence-corrected chi connectivity index (χ1v) is 6.37. The van der Waals surface area contributed by atoms with Crippen molar-refractivity contribution in [2.45, 2.75) is 19.8 Å². The summed E-state index contributed by atoms with van der Waals surface area (Å²) in [6.45, 7) is 2.57. The molecule has 2 amide bonds. The van der Waals surface area contributed by atoms with Gasteiger partial charge in [-0.15, -0.1) is 0 Å². The molecule has 0 radical (unpaired) electrons. The predicted molar refractivity (Wildman–Crippen MR) is 77.3 cm³/mol. The van der Waals surface area contributed by atoms with Gasteiger partial charge in [-0.1, -0.05) is 6.92 Å². The number of rotatable bonds is 6. The molecule has 0 aliphatic rings. The van der Waals surface area contributed by atoms with Crippen LogP contribution in [0, 0.1) is 0 Å². The van der Waals surface area contributed by atoms with E-state index in [1.165, 1.54) is 0 Å². The second-order valence-electron chi connectivity index (χ2n) is 4.52. The van der Waals surface area contributed by atoms with Gasteiger partial charge in [-0.25, -0.2) is 0 Å². The maximum absolute atomic E-state index is 11.6. The van der Waals surface area contributed by atoms with E-state index in [0.29, 0.717) is 12.2 Å². The number of carbonyl (C=O) groups excluding carboxylic acids is 2. The third kappa shape index (κ3) is 5.42. The Morgan fingerprint density at radius 1 is 1.11 bits per heavy atom. The molecule has 0 saturated heterocycles. The highest BCUT2D eigenvalue weighted by molar-refractivity contribution is 6.03. The van der Waals surface area contributed by atoms with E-state index in [4.69, 9.17) is 0 Å². The third-order valence-corrected chi connectivity index (χ3v) is 2.56. The van der Waals surface area contributed by atoms with Gasteiger partial charge in [-0.05, 0) is 30.7 Å². The van der Waals surface area contributed by atoms with Gasteiger partial charge in [0.15, 0.2) is 0 Å². The first-order chi connectivity index (χ1) is 9.02. The minimum Gasteiger partial charge on any atom is -0.378 e. The summed E-state index contributed by atoms with van der Waals surface area (Å²) in [5.41, 5.74) is 1.75. The van der Waals surface area contributed by atoms with Crippen LogP contribution in [0.4, 0.5) is 11.4 Å². The number of nitrogens with one attached hydrogen (secondary N) is 2. The molecule has 0 saturated carbocycles. The Kier molecular flexibility index (Phi) is 5.85. The van der Waals surface area contributed by atoms with Crippen molar-refractivity contribution >= 4 is 23.2 Å². The van der Waals surface area contributed by atoms with Crippen molar-refractivity contribution in [3.8, 4) is 0 Å². The topological polar surface area (TPSA) is 61.4 Å². The molecule has 1 aromatic carbocycles. The highest BCUT2D eigenvalue weighted by Gasteiger charge is 2.08. The maximum atomic E-state index is 11.6. The van der Waals surface area contributed by atoms with Crippen LogP contribution >= 0.6 is 0 Å². The van der Waals surface area contributed by atoms with Crippen LogP contribution < -0.4 is 15.5 Å². The van der Waals surface area contributed by atoms with Crippen molar-refractivity contribution in [3.05, 3.63) is 24.3 Å². The first kappa shape index (κ1) is 15.0. The number of amides is 2. The molecule has 0 aromatic heterocycles. The summed E-state index contributed by atoms with van der Waals surface area (Å²) in [6, 6.07) is 7.45. The lowest BCUT2D eigenvalue weighted by atomic mass is 10.2. The van der Waals surface area contributed by atoms with Crippen molar-refractivity contribution in [2.75, 3.05) is 30.9 Å². The van der Waals surface area contributed by atoms with Crippen LogP contribution in [0.3, 0.4) is 0 Å². The predicted octanol–water partition coefficient (Wildman–Crippen LogP) is 1.61. The number of nitrogens with zero attached hydrogens (tertiary/aromatic N) is 1. The van der Waals surface area contributed by atoms with Gasteiger partial charge in [0.2, 0.25) is 11.8 Å². The van der Waals surface area contributed by atoms with E-state index in [0.717, 1.165) is 12.1 Å². The van der Waals surface area contributed by atoms with Crippen LogP contribution in [0.5, 0.6) is 0 Å². The van der Waals surface area contributed by atoms with Gasteiger partial charge >= 0.3 is 0 Å². The Balaban J connectivity index is 2.46. The van der Waals surface area contributed by atoms with Gasteiger partial charge in [0.1, 0.15) is 6.42 Å². The van der Waals surface area contributed by atoms with Crippen molar-refractivity contribution < 1.29 is 9.59 Å². The fourth-order valence-corrected chi connectivity index (χ4v) is 1.52. The van der Waals surface area contributed by atoms with E-state index in [-0.39, 0.29) is 18.2 Å². The minimum absolute atomic E-state index is 0.143. The zero-order valence-electron chi connectivity index (χ0n) is 11.7. The SMILES string of the molecule is CCCNC(=O)CC(=O)Nc1ccc(N(C)C)cc1. The summed E-state index contributed by atoms with van der Waals surface area (Å²) < 4.78 is 0. The average molecular weight is 263 g/mol. The molecule has 5 nitrogen and oxygen atoms in total. The van der Waals surface area contributed by atoms with E-state index in [1.54, 1.807) is 0 Å². The highest BCUT2D eigenvalue weighted by atomic mass is 16.2. The molecular formula is C14H21N3O2. The average Bonchev–Trinajstić information content (AvgIpc) is 2.36. The van der Waals surface area contributed by atoms with Crippen LogP contribution in [0.15, 0.2) is 24.3 Å². The smallest absolute Gasteiger partial charge is 0.233 e. The van der Waals surface area contributed by atoms with Gasteiger partial charge in [0.25, 0.3) is 0 Å². The van der Waals surface area contributed by atoms with Crippen molar-refractivity contribution in [1.29, 1.82) is 0 Å². The van der Waals surface area contributed by atoms with Gasteiger partial charge in [0.05, 0.1) is 0 Å². The number of anilines is 2. The molecule has 1 rings (SSSR count). The Morgan fingerprint density at radius 3 is 2.26 bits per heavy atom. The maximum Gasteiger partial charge on any atom is 0.233 e. The molecule has 0 atom stereocenters. The van der Waals surface area contributed by atoms with E-state index in [1.807, 2.05) is 50.2 Å². The van der Waals surface area contributed by atoms with Crippen LogP contribution in [-0.4, -0.2) is 32.5 Å². The first-order valence-electron chi connectivity index (χ1n) is 6.37. The van der Waals surface area contributed by atoms with Gasteiger partial charge in [-0.2, -0.15) is 0 Å². The highest BCUT2D eigenvalue weighted by Crippen LogP contribution is 2.15. The normalized spacial score (nSPS) is 9.84. The van der Waals surface area contributed by atoms with Crippen molar-refractivity contribution in [3.63, 3.8) is 0 Å². The Morgan fingerprint density at radius 2 is 1.74 bits per heavy atom. The second-order valence-corrected chi connectivity index (χ2v) is 4.52. The zero-order chi connectivity index (χ0) is 14.3. The van der Waals surface area contributed by atoms with Gasteiger partial charge in [-0.3, -0.25) is 9.59 Å². The zero-order valence-corrected chi connectivity index (χ0v) is 11.7. The van der Waals surface area contributed by atoms with Gasteiger partial charge in [0, 0.05) is 32.0 Å². The van der Waals surface area contributed by atoms with Crippen molar-refractivity contribution in [1.82, 2.24) is 5.32 Å². The lowest BCUT2D eigenvalue weighted by molar-refractivity contribution is -0.126. The minimum atomic E-state index is -0.300. The van der Waals surface area contributed by atoms with Crippen molar-refractivity contribution in [2.24, 2.45) is 0 Å². The molecule has 5 heteroatoms. The molecule has 19 heavy (non-hydrogen) atoms. The number of carbonyl (C=O) groups is 2. The van der Waals surface area contributed by atoms with Crippen LogP contribution in [0.2, 0.25) is 0 Å². The summed E-state index contributed by atoms with van der Waals surface area (Å²) in [7, 11) is 3.90. The van der Waals surface area contributed by atoms with Gasteiger partial charge < -0.3 is 15.5 Å². The summed E-state index contributed by atoms with van der Waals surface area (Å²) in [5, 5.41) is 5.36. The second kappa shape index (κ2) is 7.41. The summed E-state index contributed by atoms with van der Waals surface area (Å²) in [6.07, 6.45) is 0.717. The molecule has 0 aliphatic heterocycles. The summed E-state index contributed by atoms with van der Waals surface area (Å²) >= 11 is 0. The third-order valence-electron chi connectivity index (χ3n) is 2.56. The Hall–Kier alpha value is -2.04. The fraction of sp³-hybridized carbons (Fsp3) is 0.429. The summed E-state index contributed by atoms with van der Waals surface area (Å²) in [5.74, 6) is -0.546. The standard InChI is InChI=1S/C14H21N3O2/c1-4-9-15-13(18)10-14(19)16-11-5-7-12(8-6-11)17(2)3/h5-8H,4,9-10H2,1-3H3,(H,15,18)(H,16,19). The van der Waals surface area contributed by atoms with E-state index in [9.17, 15) is 9.59 Å². The van der Waals surface area contributed by atoms with E-state index < -0.39 is 0 Å². The lowest BCUT2D eigenvalue weighted by Gasteiger charge is -2.13. The number of benzene rings is 1. The molecule has 104 valence electrons.